The number of carboxylic acids is 1. The Morgan fingerprint density at radius 1 is 1.33 bits per heavy atom. The first kappa shape index (κ1) is 18.0. The van der Waals surface area contributed by atoms with Gasteiger partial charge in [-0.05, 0) is 49.3 Å². The summed E-state index contributed by atoms with van der Waals surface area (Å²) in [5, 5.41) is 9.76. The minimum Gasteiger partial charge on any atom is -0.480 e. The molecule has 4 rings (SSSR count). The lowest BCUT2D eigenvalue weighted by Crippen LogP contribution is -2.43. The molecule has 0 bridgehead atoms. The Bertz CT molecular complexity index is 882. The van der Waals surface area contributed by atoms with E-state index >= 15 is 0 Å². The second kappa shape index (κ2) is 6.64. The van der Waals surface area contributed by atoms with E-state index < -0.39 is 12.0 Å². The van der Waals surface area contributed by atoms with Crippen LogP contribution in [0.4, 0.5) is 0 Å². The topological polar surface area (TPSA) is 78.2 Å². The summed E-state index contributed by atoms with van der Waals surface area (Å²) in [5.41, 5.74) is 2.93. The van der Waals surface area contributed by atoms with E-state index in [1.165, 1.54) is 0 Å². The van der Waals surface area contributed by atoms with E-state index in [9.17, 15) is 14.7 Å². The Morgan fingerprint density at radius 2 is 2.07 bits per heavy atom. The third-order valence-electron chi connectivity index (χ3n) is 6.19. The first-order valence-electron chi connectivity index (χ1n) is 9.52. The van der Waals surface area contributed by atoms with Gasteiger partial charge in [0.05, 0.1) is 5.69 Å². The van der Waals surface area contributed by atoms with Crippen molar-refractivity contribution in [3.8, 4) is 0 Å². The highest BCUT2D eigenvalue weighted by Crippen LogP contribution is 2.44. The molecule has 2 aliphatic rings. The number of nitrogens with zero attached hydrogens (tertiary/aromatic N) is 4. The van der Waals surface area contributed by atoms with Crippen LogP contribution in [-0.4, -0.2) is 61.8 Å². The largest absolute Gasteiger partial charge is 0.480 e. The molecule has 2 fully saturated rings. The molecule has 0 aliphatic carbocycles. The molecule has 1 spiro atoms. The Kier molecular flexibility index (Phi) is 4.42. The third kappa shape index (κ3) is 3.43. The van der Waals surface area contributed by atoms with Crippen LogP contribution < -0.4 is 0 Å². The van der Waals surface area contributed by atoms with Crippen molar-refractivity contribution in [2.24, 2.45) is 5.41 Å². The summed E-state index contributed by atoms with van der Waals surface area (Å²) < 4.78 is 1.98. The SMILES string of the molecule is CC(=O)N1CCC2(CC1)C[C@@H](C(=O)O)N(Cc1cn3ccc(C)cc3n1)C2. The van der Waals surface area contributed by atoms with Gasteiger partial charge in [-0.3, -0.25) is 14.5 Å². The average Bonchev–Trinajstić information content (AvgIpc) is 3.16. The van der Waals surface area contributed by atoms with Crippen LogP contribution in [0.1, 0.15) is 37.4 Å². The fourth-order valence-electron chi connectivity index (χ4n) is 4.63. The number of rotatable bonds is 3. The zero-order valence-corrected chi connectivity index (χ0v) is 15.9. The number of carbonyl (C=O) groups excluding carboxylic acids is 1. The Labute approximate surface area is 158 Å². The molecule has 0 aromatic carbocycles. The standard InChI is InChI=1S/C20H26N4O3/c1-14-3-6-23-11-16(21-18(23)9-14)12-24-13-20(10-17(24)19(26)27)4-7-22(8-5-20)15(2)25/h3,6,9,11,17H,4-5,7-8,10,12-13H2,1-2H3,(H,26,27)/t17-/m0/s1. The molecule has 27 heavy (non-hydrogen) atoms. The maximum absolute atomic E-state index is 11.9. The molecule has 2 aromatic heterocycles. The van der Waals surface area contributed by atoms with E-state index in [1.807, 2.05) is 40.8 Å². The number of fused-ring (bicyclic) bond motifs is 1. The molecule has 2 aromatic rings. The summed E-state index contributed by atoms with van der Waals surface area (Å²) in [6, 6.07) is 3.58. The van der Waals surface area contributed by atoms with Crippen molar-refractivity contribution in [1.82, 2.24) is 19.2 Å². The molecule has 2 saturated heterocycles. The van der Waals surface area contributed by atoms with Gasteiger partial charge in [0.2, 0.25) is 5.91 Å². The highest BCUT2D eigenvalue weighted by Gasteiger charge is 2.48. The van der Waals surface area contributed by atoms with E-state index in [2.05, 4.69) is 9.88 Å². The van der Waals surface area contributed by atoms with Crippen molar-refractivity contribution in [2.45, 2.75) is 45.7 Å². The molecule has 7 nitrogen and oxygen atoms in total. The quantitative estimate of drug-likeness (QED) is 0.893. The number of aryl methyl sites for hydroxylation is 1. The number of imidazole rings is 1. The van der Waals surface area contributed by atoms with Crippen LogP contribution in [0.25, 0.3) is 5.65 Å². The van der Waals surface area contributed by atoms with Gasteiger partial charge in [-0.2, -0.15) is 0 Å². The van der Waals surface area contributed by atoms with Crippen LogP contribution in [0.15, 0.2) is 24.5 Å². The summed E-state index contributed by atoms with van der Waals surface area (Å²) in [6.45, 7) is 6.38. The van der Waals surface area contributed by atoms with Crippen molar-refractivity contribution >= 4 is 17.5 Å². The van der Waals surface area contributed by atoms with Crippen LogP contribution in [0.3, 0.4) is 0 Å². The molecule has 4 heterocycles. The van der Waals surface area contributed by atoms with Crippen LogP contribution in [0, 0.1) is 12.3 Å². The molecule has 2 aliphatic heterocycles. The lowest BCUT2D eigenvalue weighted by atomic mass is 9.76. The minimum absolute atomic E-state index is 0.00917. The van der Waals surface area contributed by atoms with Crippen LogP contribution >= 0.6 is 0 Å². The van der Waals surface area contributed by atoms with Crippen LogP contribution in [0.2, 0.25) is 0 Å². The number of aromatic nitrogens is 2. The number of carbonyl (C=O) groups is 2. The van der Waals surface area contributed by atoms with E-state index in [0.29, 0.717) is 13.0 Å². The fourth-order valence-corrected chi connectivity index (χ4v) is 4.63. The number of hydrogen-bond acceptors (Lipinski definition) is 4. The second-order valence-electron chi connectivity index (χ2n) is 8.17. The van der Waals surface area contributed by atoms with Gasteiger partial charge in [0.1, 0.15) is 11.7 Å². The first-order valence-corrected chi connectivity index (χ1v) is 9.52. The van der Waals surface area contributed by atoms with Gasteiger partial charge in [0.15, 0.2) is 0 Å². The van der Waals surface area contributed by atoms with Gasteiger partial charge in [0, 0.05) is 45.5 Å². The molecular formula is C20H26N4O3. The summed E-state index contributed by atoms with van der Waals surface area (Å²) in [6.07, 6.45) is 6.37. The van der Waals surface area contributed by atoms with Crippen molar-refractivity contribution in [1.29, 1.82) is 0 Å². The van der Waals surface area contributed by atoms with Gasteiger partial charge in [-0.15, -0.1) is 0 Å². The number of pyridine rings is 1. The molecule has 1 amide bonds. The number of aliphatic carboxylic acids is 1. The molecular weight excluding hydrogens is 344 g/mol. The van der Waals surface area contributed by atoms with Crippen molar-refractivity contribution < 1.29 is 14.7 Å². The number of amides is 1. The fraction of sp³-hybridized carbons (Fsp3) is 0.550. The minimum atomic E-state index is -0.763. The van der Waals surface area contributed by atoms with Gasteiger partial charge in [-0.1, -0.05) is 0 Å². The van der Waals surface area contributed by atoms with Crippen molar-refractivity contribution in [3.05, 3.63) is 35.8 Å². The van der Waals surface area contributed by atoms with E-state index in [-0.39, 0.29) is 11.3 Å². The Morgan fingerprint density at radius 3 is 2.74 bits per heavy atom. The summed E-state index contributed by atoms with van der Waals surface area (Å²) in [4.78, 5) is 32.1. The van der Waals surface area contributed by atoms with Gasteiger partial charge >= 0.3 is 5.97 Å². The molecule has 1 N–H and O–H groups in total. The molecule has 0 radical (unpaired) electrons. The van der Waals surface area contributed by atoms with Gasteiger partial charge < -0.3 is 14.4 Å². The second-order valence-corrected chi connectivity index (χ2v) is 8.17. The average molecular weight is 370 g/mol. The Balaban J connectivity index is 1.52. The first-order chi connectivity index (χ1) is 12.8. The van der Waals surface area contributed by atoms with Crippen molar-refractivity contribution in [3.63, 3.8) is 0 Å². The summed E-state index contributed by atoms with van der Waals surface area (Å²) >= 11 is 0. The van der Waals surface area contributed by atoms with Gasteiger partial charge in [-0.25, -0.2) is 4.98 Å². The normalized spacial score (nSPS) is 22.6. The molecule has 7 heteroatoms. The lowest BCUT2D eigenvalue weighted by molar-refractivity contribution is -0.142. The maximum Gasteiger partial charge on any atom is 0.320 e. The number of hydrogen-bond donors (Lipinski definition) is 1. The predicted octanol–water partition coefficient (Wildman–Crippen LogP) is 1.93. The third-order valence-corrected chi connectivity index (χ3v) is 6.19. The van der Waals surface area contributed by atoms with Crippen molar-refractivity contribution in [2.75, 3.05) is 19.6 Å². The molecule has 0 unspecified atom stereocenters. The van der Waals surface area contributed by atoms with E-state index in [1.54, 1.807) is 6.92 Å². The lowest BCUT2D eigenvalue weighted by Gasteiger charge is -2.39. The highest BCUT2D eigenvalue weighted by molar-refractivity contribution is 5.74. The number of carboxylic acid groups (broad SMARTS) is 1. The van der Waals surface area contributed by atoms with E-state index in [4.69, 9.17) is 0 Å². The smallest absolute Gasteiger partial charge is 0.320 e. The molecule has 1 atom stereocenters. The number of piperidine rings is 1. The Hall–Kier alpha value is -2.41. The molecule has 144 valence electrons. The van der Waals surface area contributed by atoms with Gasteiger partial charge in [0.25, 0.3) is 0 Å². The molecule has 0 saturated carbocycles. The zero-order valence-electron chi connectivity index (χ0n) is 15.9. The van der Waals surface area contributed by atoms with E-state index in [0.717, 1.165) is 49.4 Å². The zero-order chi connectivity index (χ0) is 19.2. The number of likely N-dealkylation sites (tertiary alicyclic amines) is 2. The summed E-state index contributed by atoms with van der Waals surface area (Å²) in [7, 11) is 0. The van der Waals surface area contributed by atoms with Crippen LogP contribution in [0.5, 0.6) is 0 Å². The summed E-state index contributed by atoms with van der Waals surface area (Å²) in [5.74, 6) is -0.657. The predicted molar refractivity (Wildman–Crippen MR) is 100 cm³/mol. The van der Waals surface area contributed by atoms with Crippen LogP contribution in [-0.2, 0) is 16.1 Å². The highest BCUT2D eigenvalue weighted by atomic mass is 16.4. The monoisotopic (exact) mass is 370 g/mol. The maximum atomic E-state index is 11.9.